The maximum absolute atomic E-state index is 12.6. The zero-order chi connectivity index (χ0) is 14.5. The minimum atomic E-state index is -3.83. The third-order valence-corrected chi connectivity index (χ3v) is 6.17. The third-order valence-electron chi connectivity index (χ3n) is 4.40. The lowest BCUT2D eigenvalue weighted by Crippen LogP contribution is -2.31. The van der Waals surface area contributed by atoms with Crippen molar-refractivity contribution in [2.75, 3.05) is 13.1 Å². The number of carbonyl (C=O) groups is 1. The second kappa shape index (κ2) is 4.56. The fourth-order valence-electron chi connectivity index (χ4n) is 3.36. The summed E-state index contributed by atoms with van der Waals surface area (Å²) in [4.78, 5) is 11.2. The Morgan fingerprint density at radius 3 is 2.50 bits per heavy atom. The molecule has 1 aromatic rings. The molecule has 7 nitrogen and oxygen atoms in total. The van der Waals surface area contributed by atoms with Crippen molar-refractivity contribution in [3.05, 3.63) is 11.3 Å². The number of rotatable bonds is 3. The van der Waals surface area contributed by atoms with Crippen LogP contribution in [0, 0.1) is 18.8 Å². The molecule has 1 aromatic heterocycles. The number of carboxylic acid groups (broad SMARTS) is 1. The Labute approximate surface area is 117 Å². The third kappa shape index (κ3) is 1.94. The maximum atomic E-state index is 12.6. The van der Waals surface area contributed by atoms with E-state index in [-0.39, 0.29) is 16.3 Å². The van der Waals surface area contributed by atoms with Gasteiger partial charge in [0.2, 0.25) is 5.03 Å². The van der Waals surface area contributed by atoms with E-state index in [4.69, 9.17) is 5.11 Å². The Morgan fingerprint density at radius 2 is 1.95 bits per heavy atom. The first-order chi connectivity index (χ1) is 9.41. The van der Waals surface area contributed by atoms with Crippen molar-refractivity contribution in [2.24, 2.45) is 11.8 Å². The van der Waals surface area contributed by atoms with Gasteiger partial charge in [-0.25, -0.2) is 13.2 Å². The quantitative estimate of drug-likeness (QED) is 0.860. The van der Waals surface area contributed by atoms with E-state index in [0.29, 0.717) is 24.9 Å². The van der Waals surface area contributed by atoms with E-state index >= 15 is 0 Å². The zero-order valence-corrected chi connectivity index (χ0v) is 12.0. The standard InChI is InChI=1S/C12H17N3O4S/c1-7-10(12(16)17)11(14-13-7)20(18,19)15-5-8-3-2-4-9(8)6-15/h8-9H,2-6H2,1H3,(H,13,14)(H,16,17). The number of aryl methyl sites for hydroxylation is 1. The summed E-state index contributed by atoms with van der Waals surface area (Å²) in [5.41, 5.74) is 0.0116. The minimum absolute atomic E-state index is 0.248. The summed E-state index contributed by atoms with van der Waals surface area (Å²) in [5.74, 6) is -0.439. The fraction of sp³-hybridized carbons (Fsp3) is 0.667. The maximum Gasteiger partial charge on any atom is 0.340 e. The van der Waals surface area contributed by atoms with Gasteiger partial charge in [0.1, 0.15) is 5.56 Å². The van der Waals surface area contributed by atoms with Crippen LogP contribution in [0.15, 0.2) is 5.03 Å². The number of hydrogen-bond donors (Lipinski definition) is 2. The summed E-state index contributed by atoms with van der Waals surface area (Å²) in [6.45, 7) is 2.48. The lowest BCUT2D eigenvalue weighted by atomic mass is 10.0. The van der Waals surface area contributed by atoms with Gasteiger partial charge < -0.3 is 5.11 Å². The van der Waals surface area contributed by atoms with Crippen LogP contribution in [0.4, 0.5) is 0 Å². The zero-order valence-electron chi connectivity index (χ0n) is 11.2. The number of hydrogen-bond acceptors (Lipinski definition) is 4. The summed E-state index contributed by atoms with van der Waals surface area (Å²) < 4.78 is 26.6. The van der Waals surface area contributed by atoms with Crippen molar-refractivity contribution in [3.63, 3.8) is 0 Å². The highest BCUT2D eigenvalue weighted by Gasteiger charge is 2.43. The summed E-state index contributed by atoms with van der Waals surface area (Å²) in [7, 11) is -3.83. The van der Waals surface area contributed by atoms with E-state index in [1.807, 2.05) is 0 Å². The first-order valence-corrected chi connectivity index (χ1v) is 8.13. The summed E-state index contributed by atoms with van der Waals surface area (Å²) in [5, 5.41) is 15.0. The van der Waals surface area contributed by atoms with Crippen LogP contribution in [0.1, 0.15) is 35.3 Å². The highest BCUT2D eigenvalue weighted by atomic mass is 32.2. The highest BCUT2D eigenvalue weighted by molar-refractivity contribution is 7.89. The van der Waals surface area contributed by atoms with Crippen LogP contribution < -0.4 is 0 Å². The average molecular weight is 299 g/mol. The Kier molecular flexibility index (Phi) is 3.09. The Hall–Kier alpha value is -1.41. The lowest BCUT2D eigenvalue weighted by molar-refractivity contribution is 0.0691. The topological polar surface area (TPSA) is 103 Å². The molecule has 110 valence electrons. The van der Waals surface area contributed by atoms with Gasteiger partial charge in [0.05, 0.1) is 0 Å². The minimum Gasteiger partial charge on any atom is -0.478 e. The van der Waals surface area contributed by atoms with Crippen LogP contribution in [0.2, 0.25) is 0 Å². The van der Waals surface area contributed by atoms with Crippen LogP contribution in [0.3, 0.4) is 0 Å². The fourth-order valence-corrected chi connectivity index (χ4v) is 5.04. The van der Waals surface area contributed by atoms with E-state index in [1.54, 1.807) is 0 Å². The van der Waals surface area contributed by atoms with Gasteiger partial charge in [-0.05, 0) is 31.6 Å². The van der Waals surface area contributed by atoms with Crippen LogP contribution in [-0.4, -0.2) is 47.1 Å². The van der Waals surface area contributed by atoms with E-state index in [0.717, 1.165) is 19.3 Å². The molecule has 0 amide bonds. The largest absolute Gasteiger partial charge is 0.478 e. The molecule has 1 aliphatic heterocycles. The number of carboxylic acids is 1. The van der Waals surface area contributed by atoms with Crippen molar-refractivity contribution in [1.29, 1.82) is 0 Å². The van der Waals surface area contributed by atoms with E-state index in [1.165, 1.54) is 11.2 Å². The van der Waals surface area contributed by atoms with Crippen molar-refractivity contribution in [3.8, 4) is 0 Å². The molecule has 2 unspecified atom stereocenters. The Morgan fingerprint density at radius 1 is 1.35 bits per heavy atom. The van der Waals surface area contributed by atoms with Gasteiger partial charge in [0.25, 0.3) is 10.0 Å². The first kappa shape index (κ1) is 13.6. The molecule has 0 radical (unpaired) electrons. The van der Waals surface area contributed by atoms with Crippen molar-refractivity contribution >= 4 is 16.0 Å². The number of aromatic nitrogens is 2. The molecule has 1 aliphatic carbocycles. The number of fused-ring (bicyclic) bond motifs is 1. The molecule has 2 atom stereocenters. The van der Waals surface area contributed by atoms with Gasteiger partial charge in [-0.15, -0.1) is 0 Å². The molecule has 0 aromatic carbocycles. The number of H-pyrrole nitrogens is 1. The van der Waals surface area contributed by atoms with Crippen molar-refractivity contribution in [1.82, 2.24) is 14.5 Å². The van der Waals surface area contributed by atoms with E-state index < -0.39 is 16.0 Å². The van der Waals surface area contributed by atoms with Gasteiger partial charge in [0, 0.05) is 18.8 Å². The molecule has 0 bridgehead atoms. The molecular weight excluding hydrogens is 282 g/mol. The molecule has 8 heteroatoms. The van der Waals surface area contributed by atoms with Gasteiger partial charge in [-0.2, -0.15) is 9.40 Å². The molecule has 3 rings (SSSR count). The lowest BCUT2D eigenvalue weighted by Gasteiger charge is -2.16. The number of sulfonamides is 1. The average Bonchev–Trinajstić information content (AvgIpc) is 2.99. The van der Waals surface area contributed by atoms with E-state index in [9.17, 15) is 13.2 Å². The van der Waals surface area contributed by atoms with E-state index in [2.05, 4.69) is 10.2 Å². The molecule has 2 heterocycles. The van der Waals surface area contributed by atoms with Gasteiger partial charge in [0.15, 0.2) is 0 Å². The number of aromatic amines is 1. The summed E-state index contributed by atoms with van der Waals surface area (Å²) in [6.07, 6.45) is 3.27. The monoisotopic (exact) mass is 299 g/mol. The number of nitrogens with one attached hydrogen (secondary N) is 1. The number of nitrogens with zero attached hydrogens (tertiary/aromatic N) is 2. The first-order valence-electron chi connectivity index (χ1n) is 6.69. The van der Waals surface area contributed by atoms with Gasteiger partial charge >= 0.3 is 5.97 Å². The van der Waals surface area contributed by atoms with Crippen molar-refractivity contribution in [2.45, 2.75) is 31.2 Å². The summed E-state index contributed by atoms with van der Waals surface area (Å²) in [6, 6.07) is 0. The molecule has 2 N–H and O–H groups in total. The predicted octanol–water partition coefficient (Wildman–Crippen LogP) is 0.837. The molecule has 2 aliphatic rings. The van der Waals surface area contributed by atoms with Crippen LogP contribution >= 0.6 is 0 Å². The second-order valence-electron chi connectivity index (χ2n) is 5.61. The molecular formula is C12H17N3O4S. The SMILES string of the molecule is Cc1[nH]nc(S(=O)(=O)N2CC3CCCC3C2)c1C(=O)O. The van der Waals surface area contributed by atoms with Crippen LogP contribution in [-0.2, 0) is 10.0 Å². The van der Waals surface area contributed by atoms with Crippen molar-refractivity contribution < 1.29 is 18.3 Å². The Balaban J connectivity index is 1.95. The second-order valence-corrected chi connectivity index (χ2v) is 7.46. The highest BCUT2D eigenvalue weighted by Crippen LogP contribution is 2.39. The molecule has 1 saturated carbocycles. The smallest absolute Gasteiger partial charge is 0.340 e. The van der Waals surface area contributed by atoms with Crippen LogP contribution in [0.5, 0.6) is 0 Å². The van der Waals surface area contributed by atoms with Crippen LogP contribution in [0.25, 0.3) is 0 Å². The molecule has 20 heavy (non-hydrogen) atoms. The normalized spacial score (nSPS) is 26.9. The van der Waals surface area contributed by atoms with Gasteiger partial charge in [-0.1, -0.05) is 6.42 Å². The molecule has 0 spiro atoms. The molecule has 2 fully saturated rings. The molecule has 1 saturated heterocycles. The van der Waals surface area contributed by atoms with Gasteiger partial charge in [-0.3, -0.25) is 5.10 Å². The predicted molar refractivity (Wildman–Crippen MR) is 69.9 cm³/mol. The number of aromatic carboxylic acids is 1. The summed E-state index contributed by atoms with van der Waals surface area (Å²) >= 11 is 0. The Bertz CT molecular complexity index is 640.